The van der Waals surface area contributed by atoms with E-state index in [1.54, 1.807) is 17.3 Å². The Morgan fingerprint density at radius 1 is 1.00 bits per heavy atom. The van der Waals surface area contributed by atoms with Gasteiger partial charge in [-0.1, -0.05) is 59.6 Å². The summed E-state index contributed by atoms with van der Waals surface area (Å²) in [6.45, 7) is 7.22. The molecule has 3 aromatic heterocycles. The van der Waals surface area contributed by atoms with Crippen molar-refractivity contribution < 1.29 is 24.2 Å². The number of hydrogen-bond acceptors (Lipinski definition) is 9. The van der Waals surface area contributed by atoms with Crippen LogP contribution >= 0.6 is 23.2 Å². The van der Waals surface area contributed by atoms with Crippen molar-refractivity contribution in [1.82, 2.24) is 29.9 Å². The van der Waals surface area contributed by atoms with Crippen LogP contribution in [0.2, 0.25) is 10.0 Å². The first-order valence-corrected chi connectivity index (χ1v) is 19.8. The molecule has 1 aliphatic carbocycles. The third kappa shape index (κ3) is 9.10. The van der Waals surface area contributed by atoms with Gasteiger partial charge in [0.15, 0.2) is 0 Å². The fourth-order valence-electron chi connectivity index (χ4n) is 7.21. The van der Waals surface area contributed by atoms with Crippen molar-refractivity contribution in [2.75, 3.05) is 26.8 Å². The Balaban J connectivity index is 1.13. The molecule has 7 rings (SSSR count). The highest BCUT2D eigenvalue weighted by Crippen LogP contribution is 2.42. The number of rotatable bonds is 13. The minimum atomic E-state index is -0.706. The Kier molecular flexibility index (Phi) is 11.9. The number of carbonyl (C=O) groups is 2. The van der Waals surface area contributed by atoms with Crippen LogP contribution in [-0.2, 0) is 22.6 Å². The van der Waals surface area contributed by atoms with Crippen molar-refractivity contribution >= 4 is 40.8 Å². The SMILES string of the molecule is COc1nc(-c2cccc(-c3cccc(-c4ccn5c(=O)c(CNC[C@H]6C[C@H]6CO)cnc5c4)c3Cl)c2Cl)ccc1CN(C[C@@H]1CCC(=O)N1)C(=O)OC(C)(C)C. The molecule has 0 radical (unpaired) electrons. The number of methoxy groups -OCH3 is 1. The van der Waals surface area contributed by atoms with Gasteiger partial charge in [-0.25, -0.2) is 14.8 Å². The van der Waals surface area contributed by atoms with E-state index < -0.39 is 11.7 Å². The smallest absolute Gasteiger partial charge is 0.410 e. The molecule has 3 atom stereocenters. The number of nitrogens with one attached hydrogen (secondary N) is 2. The number of aliphatic hydroxyl groups excluding tert-OH is 1. The van der Waals surface area contributed by atoms with Crippen LogP contribution in [0.4, 0.5) is 4.79 Å². The molecule has 0 bridgehead atoms. The van der Waals surface area contributed by atoms with Crippen molar-refractivity contribution in [2.45, 2.75) is 64.8 Å². The fourth-order valence-corrected chi connectivity index (χ4v) is 7.87. The van der Waals surface area contributed by atoms with Gasteiger partial charge < -0.3 is 30.1 Å². The van der Waals surface area contributed by atoms with E-state index in [0.717, 1.165) is 24.1 Å². The van der Waals surface area contributed by atoms with Crippen LogP contribution in [0, 0.1) is 11.8 Å². The molecule has 298 valence electrons. The molecule has 2 aliphatic rings. The highest BCUT2D eigenvalue weighted by molar-refractivity contribution is 6.39. The predicted octanol–water partition coefficient (Wildman–Crippen LogP) is 7.14. The average molecular weight is 814 g/mol. The number of amides is 2. The first kappa shape index (κ1) is 40.2. The second kappa shape index (κ2) is 16.8. The molecule has 2 aromatic carbocycles. The third-order valence-corrected chi connectivity index (χ3v) is 11.2. The summed E-state index contributed by atoms with van der Waals surface area (Å²) in [5, 5.41) is 16.5. The molecule has 4 heterocycles. The Hall–Kier alpha value is -5.01. The Bertz CT molecular complexity index is 2380. The van der Waals surface area contributed by atoms with Gasteiger partial charge in [0, 0.05) is 77.9 Å². The molecular weight excluding hydrogens is 767 g/mol. The lowest BCUT2D eigenvalue weighted by atomic mass is 9.97. The maximum atomic E-state index is 13.3. The van der Waals surface area contributed by atoms with Gasteiger partial charge >= 0.3 is 6.09 Å². The van der Waals surface area contributed by atoms with E-state index in [1.165, 1.54) is 11.5 Å². The van der Waals surface area contributed by atoms with Crippen LogP contribution in [0.1, 0.15) is 51.2 Å². The topological polar surface area (TPSA) is 147 Å². The molecule has 5 aromatic rings. The molecule has 14 heteroatoms. The second-order valence-corrected chi connectivity index (χ2v) is 16.4. The summed E-state index contributed by atoms with van der Waals surface area (Å²) in [7, 11) is 1.52. The van der Waals surface area contributed by atoms with E-state index in [2.05, 4.69) is 15.6 Å². The van der Waals surface area contributed by atoms with Crippen LogP contribution in [0.3, 0.4) is 0 Å². The molecule has 12 nitrogen and oxygen atoms in total. The van der Waals surface area contributed by atoms with E-state index in [9.17, 15) is 19.5 Å². The highest BCUT2D eigenvalue weighted by atomic mass is 35.5. The normalized spacial score (nSPS) is 17.7. The summed E-state index contributed by atoms with van der Waals surface area (Å²) in [6, 6.07) is 18.5. The summed E-state index contributed by atoms with van der Waals surface area (Å²) in [5.41, 5.74) is 5.02. The van der Waals surface area contributed by atoms with Crippen LogP contribution in [0.25, 0.3) is 39.2 Å². The molecule has 0 spiro atoms. The van der Waals surface area contributed by atoms with Gasteiger partial charge in [-0.2, -0.15) is 0 Å². The number of hydrogen-bond donors (Lipinski definition) is 3. The zero-order valence-corrected chi connectivity index (χ0v) is 33.9. The summed E-state index contributed by atoms with van der Waals surface area (Å²) < 4.78 is 13.0. The Morgan fingerprint density at radius 2 is 1.72 bits per heavy atom. The van der Waals surface area contributed by atoms with Crippen LogP contribution in [-0.4, -0.2) is 74.8 Å². The van der Waals surface area contributed by atoms with E-state index >= 15 is 0 Å². The molecule has 3 N–H and O–H groups in total. The highest BCUT2D eigenvalue weighted by Gasteiger charge is 2.35. The Morgan fingerprint density at radius 3 is 2.39 bits per heavy atom. The molecule has 1 saturated carbocycles. The van der Waals surface area contributed by atoms with Crippen molar-refractivity contribution in [1.29, 1.82) is 0 Å². The number of ether oxygens (including phenoxy) is 2. The number of pyridine rings is 2. The summed E-state index contributed by atoms with van der Waals surface area (Å²) in [6.07, 6.45) is 4.87. The van der Waals surface area contributed by atoms with Gasteiger partial charge in [-0.3, -0.25) is 14.0 Å². The zero-order chi connectivity index (χ0) is 40.4. The number of aliphatic hydroxyl groups is 1. The zero-order valence-electron chi connectivity index (χ0n) is 32.4. The second-order valence-electron chi connectivity index (χ2n) is 15.7. The van der Waals surface area contributed by atoms with Gasteiger partial charge in [-0.15, -0.1) is 0 Å². The van der Waals surface area contributed by atoms with Crippen molar-refractivity contribution in [3.63, 3.8) is 0 Å². The molecule has 1 aliphatic heterocycles. The first-order valence-electron chi connectivity index (χ1n) is 19.0. The number of aromatic nitrogens is 3. The van der Waals surface area contributed by atoms with Crippen molar-refractivity contribution in [3.8, 4) is 39.4 Å². The number of carbonyl (C=O) groups excluding carboxylic acids is 2. The molecule has 2 amide bonds. The van der Waals surface area contributed by atoms with Crippen LogP contribution in [0.15, 0.2) is 77.9 Å². The average Bonchev–Trinajstić information content (AvgIpc) is 3.83. The van der Waals surface area contributed by atoms with Gasteiger partial charge in [0.05, 0.1) is 29.4 Å². The largest absolute Gasteiger partial charge is 0.481 e. The molecule has 57 heavy (non-hydrogen) atoms. The van der Waals surface area contributed by atoms with Crippen LogP contribution < -0.4 is 20.9 Å². The number of fused-ring (bicyclic) bond motifs is 1. The molecule has 2 fully saturated rings. The van der Waals surface area contributed by atoms with Gasteiger partial charge in [0.1, 0.15) is 11.2 Å². The quantitative estimate of drug-likeness (QED) is 0.113. The molecule has 1 saturated heterocycles. The first-order chi connectivity index (χ1) is 27.3. The Labute approximate surface area is 341 Å². The lowest BCUT2D eigenvalue weighted by Gasteiger charge is -2.29. The lowest BCUT2D eigenvalue weighted by molar-refractivity contribution is -0.119. The number of nitrogens with zero attached hydrogens (tertiary/aromatic N) is 4. The van der Waals surface area contributed by atoms with Gasteiger partial charge in [0.2, 0.25) is 11.8 Å². The minimum Gasteiger partial charge on any atom is -0.481 e. The minimum absolute atomic E-state index is 0.0374. The predicted molar refractivity (Wildman–Crippen MR) is 220 cm³/mol. The van der Waals surface area contributed by atoms with Gasteiger partial charge in [0.25, 0.3) is 5.56 Å². The van der Waals surface area contributed by atoms with Crippen molar-refractivity contribution in [3.05, 3.63) is 105 Å². The van der Waals surface area contributed by atoms with E-state index in [0.29, 0.717) is 86.3 Å². The monoisotopic (exact) mass is 812 g/mol. The summed E-state index contributed by atoms with van der Waals surface area (Å²) in [5.74, 6) is 1.09. The summed E-state index contributed by atoms with van der Waals surface area (Å²) in [4.78, 5) is 49.5. The maximum absolute atomic E-state index is 13.3. The van der Waals surface area contributed by atoms with E-state index in [4.69, 9.17) is 37.7 Å². The number of halogens is 2. The van der Waals surface area contributed by atoms with Gasteiger partial charge in [-0.05, 0) is 81.8 Å². The summed E-state index contributed by atoms with van der Waals surface area (Å²) >= 11 is 14.3. The lowest BCUT2D eigenvalue weighted by Crippen LogP contribution is -2.43. The van der Waals surface area contributed by atoms with E-state index in [-0.39, 0.29) is 37.2 Å². The maximum Gasteiger partial charge on any atom is 0.410 e. The van der Waals surface area contributed by atoms with Crippen LogP contribution in [0.5, 0.6) is 5.88 Å². The standard InChI is InChI=1S/C43H46Cl2N6O6/c1-43(2,3)57-42(55)50(23-30-12-14-37(53)48-30)22-26-11-13-35(49-40(26)56-4)34-10-6-9-33(39(34)45)32-8-5-7-31(38(32)44)25-15-16-51-36(18-25)47-21-29(41(51)54)20-46-19-27-17-28(27)24-52/h5-11,13,15-16,18,21,27-28,30,46,52H,12,14,17,19-20,22-24H2,1-4H3,(H,48,53)/t27-,28+,30+/m1/s1. The fraction of sp³-hybridized carbons (Fsp3) is 0.372. The third-order valence-electron chi connectivity index (χ3n) is 10.4. The molecular formula is C43H46Cl2N6O6. The van der Waals surface area contributed by atoms with Crippen molar-refractivity contribution in [2.24, 2.45) is 11.8 Å². The molecule has 0 unspecified atom stereocenters. The number of benzene rings is 2. The van der Waals surface area contributed by atoms with E-state index in [1.807, 2.05) is 81.4 Å².